The van der Waals surface area contributed by atoms with Crippen LogP contribution in [0, 0.1) is 13.8 Å². The lowest BCUT2D eigenvalue weighted by Gasteiger charge is -2.07. The molecule has 0 bridgehead atoms. The zero-order valence-electron chi connectivity index (χ0n) is 13.1. The summed E-state index contributed by atoms with van der Waals surface area (Å²) in [7, 11) is 3.63. The lowest BCUT2D eigenvalue weighted by atomic mass is 10.3. The first-order valence-corrected chi connectivity index (χ1v) is 7.65. The normalized spacial score (nSPS) is 12.4. The predicted octanol–water partition coefficient (Wildman–Crippen LogP) is 2.74. The minimum absolute atomic E-state index is 0.0848. The summed E-state index contributed by atoms with van der Waals surface area (Å²) in [5.41, 5.74) is 3.00. The van der Waals surface area contributed by atoms with Gasteiger partial charge in [0.1, 0.15) is 16.0 Å². The van der Waals surface area contributed by atoms with Crippen LogP contribution in [0.4, 0.5) is 0 Å². The van der Waals surface area contributed by atoms with Crippen LogP contribution in [0.15, 0.2) is 12.1 Å². The van der Waals surface area contributed by atoms with Gasteiger partial charge in [0.25, 0.3) is 5.91 Å². The molecular formula is C15H21N3O2S. The number of aryl methyl sites for hydroxylation is 2. The van der Waals surface area contributed by atoms with E-state index in [9.17, 15) is 4.79 Å². The van der Waals surface area contributed by atoms with E-state index in [0.29, 0.717) is 11.4 Å². The van der Waals surface area contributed by atoms with Gasteiger partial charge >= 0.3 is 0 Å². The maximum Gasteiger partial charge on any atom is 0.263 e. The number of methoxy groups -OCH3 is 1. The van der Waals surface area contributed by atoms with E-state index in [-0.39, 0.29) is 12.0 Å². The lowest BCUT2D eigenvalue weighted by molar-refractivity contribution is 0.0953. The Balaban J connectivity index is 2.07. The van der Waals surface area contributed by atoms with E-state index in [1.807, 2.05) is 40.0 Å². The topological polar surface area (TPSA) is 56.1 Å². The first-order chi connectivity index (χ1) is 9.93. The highest BCUT2D eigenvalue weighted by molar-refractivity contribution is 7.13. The second-order valence-electron chi connectivity index (χ2n) is 5.05. The van der Waals surface area contributed by atoms with Crippen molar-refractivity contribution < 1.29 is 9.53 Å². The molecule has 0 aromatic carbocycles. The molecule has 2 aromatic rings. The zero-order valence-corrected chi connectivity index (χ0v) is 13.9. The van der Waals surface area contributed by atoms with Crippen LogP contribution in [0.25, 0.3) is 0 Å². The fourth-order valence-corrected chi connectivity index (χ4v) is 3.01. The molecule has 0 aliphatic rings. The summed E-state index contributed by atoms with van der Waals surface area (Å²) in [5, 5.41) is 3.78. The van der Waals surface area contributed by atoms with E-state index in [0.717, 1.165) is 16.4 Å². The van der Waals surface area contributed by atoms with Gasteiger partial charge in [-0.2, -0.15) is 0 Å². The summed E-state index contributed by atoms with van der Waals surface area (Å²) in [4.78, 5) is 17.3. The van der Waals surface area contributed by atoms with Crippen molar-refractivity contribution >= 4 is 17.2 Å². The van der Waals surface area contributed by atoms with Crippen molar-refractivity contribution in [3.63, 3.8) is 0 Å². The maximum absolute atomic E-state index is 12.3. The number of aromatic nitrogens is 2. The fraction of sp³-hybridized carbons (Fsp3) is 0.467. The van der Waals surface area contributed by atoms with Crippen molar-refractivity contribution in [2.75, 3.05) is 7.11 Å². The van der Waals surface area contributed by atoms with Gasteiger partial charge in [-0.3, -0.25) is 4.79 Å². The Morgan fingerprint density at radius 2 is 2.19 bits per heavy atom. The Hall–Kier alpha value is -1.66. The van der Waals surface area contributed by atoms with Crippen LogP contribution in [-0.2, 0) is 18.3 Å². The Morgan fingerprint density at radius 1 is 1.48 bits per heavy atom. The second kappa shape index (κ2) is 6.41. The highest BCUT2D eigenvalue weighted by Crippen LogP contribution is 2.25. The van der Waals surface area contributed by atoms with E-state index >= 15 is 0 Å². The Labute approximate surface area is 129 Å². The number of nitrogens with one attached hydrogen (secondary N) is 1. The van der Waals surface area contributed by atoms with Crippen LogP contribution in [0.3, 0.4) is 0 Å². The molecule has 21 heavy (non-hydrogen) atoms. The molecule has 2 aromatic heterocycles. The van der Waals surface area contributed by atoms with Gasteiger partial charge in [-0.1, -0.05) is 0 Å². The molecule has 0 saturated heterocycles. The third-order valence-corrected chi connectivity index (χ3v) is 4.94. The van der Waals surface area contributed by atoms with Crippen molar-refractivity contribution in [2.24, 2.45) is 7.05 Å². The summed E-state index contributed by atoms with van der Waals surface area (Å²) in [6, 6.07) is 4.06. The first kappa shape index (κ1) is 15.7. The number of thiazole rings is 1. The van der Waals surface area contributed by atoms with Crippen LogP contribution in [0.2, 0.25) is 0 Å². The van der Waals surface area contributed by atoms with Gasteiger partial charge in [-0.15, -0.1) is 11.3 Å². The molecule has 5 nitrogen and oxygen atoms in total. The van der Waals surface area contributed by atoms with E-state index < -0.39 is 0 Å². The first-order valence-electron chi connectivity index (χ1n) is 6.83. The standard InChI is InChI=1S/C15H21N3O2S/c1-9-6-7-12(18(9)4)8-16-14(19)13-10(2)17-15(21-13)11(3)20-5/h6-7,11H,8H2,1-5H3,(H,16,19)/t11-/m0/s1. The van der Waals surface area contributed by atoms with Gasteiger partial charge < -0.3 is 14.6 Å². The number of hydrogen-bond donors (Lipinski definition) is 1. The Bertz CT molecular complexity index is 645. The monoisotopic (exact) mass is 307 g/mol. The number of nitrogens with zero attached hydrogens (tertiary/aromatic N) is 2. The van der Waals surface area contributed by atoms with Crippen molar-refractivity contribution in [1.82, 2.24) is 14.9 Å². The van der Waals surface area contributed by atoms with Crippen molar-refractivity contribution in [1.29, 1.82) is 0 Å². The molecule has 0 saturated carbocycles. The molecule has 0 fully saturated rings. The van der Waals surface area contributed by atoms with E-state index in [4.69, 9.17) is 4.74 Å². The largest absolute Gasteiger partial charge is 0.375 e. The summed E-state index contributed by atoms with van der Waals surface area (Å²) in [6.07, 6.45) is -0.0919. The number of ether oxygens (including phenoxy) is 1. The van der Waals surface area contributed by atoms with Gasteiger partial charge in [-0.05, 0) is 32.9 Å². The number of hydrogen-bond acceptors (Lipinski definition) is 4. The van der Waals surface area contributed by atoms with E-state index in [1.165, 1.54) is 17.0 Å². The van der Waals surface area contributed by atoms with Crippen molar-refractivity contribution in [3.05, 3.63) is 39.1 Å². The van der Waals surface area contributed by atoms with Gasteiger partial charge in [0.05, 0.1) is 12.2 Å². The molecular weight excluding hydrogens is 286 g/mol. The summed E-state index contributed by atoms with van der Waals surface area (Å²) in [5.74, 6) is -0.0848. The zero-order chi connectivity index (χ0) is 15.6. The van der Waals surface area contributed by atoms with Crippen LogP contribution >= 0.6 is 11.3 Å². The molecule has 2 rings (SSSR count). The van der Waals surface area contributed by atoms with Crippen LogP contribution in [0.5, 0.6) is 0 Å². The summed E-state index contributed by atoms with van der Waals surface area (Å²) >= 11 is 1.39. The molecule has 0 aliphatic carbocycles. The molecule has 2 heterocycles. The summed E-state index contributed by atoms with van der Waals surface area (Å²) < 4.78 is 7.31. The van der Waals surface area contributed by atoms with Gasteiger partial charge in [0.2, 0.25) is 0 Å². The third-order valence-electron chi connectivity index (χ3n) is 3.63. The third kappa shape index (κ3) is 3.33. The van der Waals surface area contributed by atoms with Gasteiger partial charge in [0, 0.05) is 25.5 Å². The fourth-order valence-electron chi connectivity index (χ4n) is 2.00. The Morgan fingerprint density at radius 3 is 2.76 bits per heavy atom. The average Bonchev–Trinajstić information content (AvgIpc) is 3.00. The molecule has 1 atom stereocenters. The van der Waals surface area contributed by atoms with Crippen LogP contribution in [-0.4, -0.2) is 22.6 Å². The predicted molar refractivity (Wildman–Crippen MR) is 83.6 cm³/mol. The SMILES string of the molecule is CO[C@@H](C)c1nc(C)c(C(=O)NCc2ccc(C)n2C)s1. The molecule has 1 amide bonds. The molecule has 0 unspecified atom stereocenters. The van der Waals surface area contributed by atoms with E-state index in [1.54, 1.807) is 7.11 Å². The highest BCUT2D eigenvalue weighted by Gasteiger charge is 2.18. The lowest BCUT2D eigenvalue weighted by Crippen LogP contribution is -2.23. The molecule has 0 aliphatic heterocycles. The maximum atomic E-state index is 12.3. The molecule has 0 spiro atoms. The molecule has 114 valence electrons. The van der Waals surface area contributed by atoms with Crippen molar-refractivity contribution in [3.8, 4) is 0 Å². The molecule has 0 radical (unpaired) electrons. The van der Waals surface area contributed by atoms with Crippen LogP contribution < -0.4 is 5.32 Å². The van der Waals surface area contributed by atoms with E-state index in [2.05, 4.69) is 14.9 Å². The smallest absolute Gasteiger partial charge is 0.263 e. The Kier molecular flexibility index (Phi) is 4.80. The van der Waals surface area contributed by atoms with Gasteiger partial charge in [0.15, 0.2) is 0 Å². The molecule has 6 heteroatoms. The van der Waals surface area contributed by atoms with Crippen LogP contribution in [0.1, 0.15) is 44.8 Å². The average molecular weight is 307 g/mol. The number of carbonyl (C=O) groups is 1. The quantitative estimate of drug-likeness (QED) is 0.924. The minimum atomic E-state index is -0.0919. The minimum Gasteiger partial charge on any atom is -0.375 e. The molecule has 1 N–H and O–H groups in total. The van der Waals surface area contributed by atoms with Gasteiger partial charge in [-0.25, -0.2) is 4.98 Å². The number of rotatable bonds is 5. The summed E-state index contributed by atoms with van der Waals surface area (Å²) in [6.45, 7) is 6.32. The number of carbonyl (C=O) groups excluding carboxylic acids is 1. The van der Waals surface area contributed by atoms with Crippen molar-refractivity contribution in [2.45, 2.75) is 33.4 Å². The second-order valence-corrected chi connectivity index (χ2v) is 6.08. The number of amides is 1. The highest BCUT2D eigenvalue weighted by atomic mass is 32.1.